The molecule has 1 fully saturated rings. The average molecular weight is 241 g/mol. The Hall–Kier alpha value is -1.10. The molecule has 1 saturated heterocycles. The van der Waals surface area contributed by atoms with Gasteiger partial charge in [-0.1, -0.05) is 20.8 Å². The van der Waals surface area contributed by atoms with Gasteiger partial charge in [0.1, 0.15) is 6.04 Å². The summed E-state index contributed by atoms with van der Waals surface area (Å²) in [6, 6.07) is -0.372. The summed E-state index contributed by atoms with van der Waals surface area (Å²) in [4.78, 5) is 25.6. The standard InChI is InChI=1S/C12H23N3O2/c1-12(2,3)7-10(16)15-6-5-14-8-9(15)11(17)13-4/h9,14H,5-8H2,1-4H3,(H,13,17). The van der Waals surface area contributed by atoms with Crippen LogP contribution in [0.2, 0.25) is 0 Å². The van der Waals surface area contributed by atoms with E-state index in [-0.39, 0.29) is 23.3 Å². The van der Waals surface area contributed by atoms with E-state index in [0.717, 1.165) is 6.54 Å². The quantitative estimate of drug-likeness (QED) is 0.713. The third kappa shape index (κ3) is 4.00. The number of carbonyl (C=O) groups excluding carboxylic acids is 2. The lowest BCUT2D eigenvalue weighted by Crippen LogP contribution is -2.59. The van der Waals surface area contributed by atoms with Gasteiger partial charge in [-0.05, 0) is 5.41 Å². The maximum absolute atomic E-state index is 12.2. The predicted octanol–water partition coefficient (Wildman–Crippen LogP) is -0.0310. The molecule has 0 spiro atoms. The highest BCUT2D eigenvalue weighted by molar-refractivity contribution is 5.88. The van der Waals surface area contributed by atoms with Crippen molar-refractivity contribution < 1.29 is 9.59 Å². The zero-order valence-corrected chi connectivity index (χ0v) is 11.2. The van der Waals surface area contributed by atoms with E-state index in [1.54, 1.807) is 11.9 Å². The SMILES string of the molecule is CNC(=O)C1CNCCN1C(=O)CC(C)(C)C. The molecule has 1 aliphatic heterocycles. The average Bonchev–Trinajstić information content (AvgIpc) is 2.25. The summed E-state index contributed by atoms with van der Waals surface area (Å²) in [5.41, 5.74) is -0.0464. The van der Waals surface area contributed by atoms with Crippen LogP contribution in [0.4, 0.5) is 0 Å². The molecule has 1 rings (SSSR count). The van der Waals surface area contributed by atoms with Crippen LogP contribution in [0.25, 0.3) is 0 Å². The van der Waals surface area contributed by atoms with Gasteiger partial charge in [0.2, 0.25) is 11.8 Å². The van der Waals surface area contributed by atoms with Crippen LogP contribution in [0, 0.1) is 5.41 Å². The lowest BCUT2D eigenvalue weighted by atomic mass is 9.91. The Bertz CT molecular complexity index is 297. The number of amides is 2. The third-order valence-electron chi connectivity index (χ3n) is 2.79. The maximum atomic E-state index is 12.2. The van der Waals surface area contributed by atoms with E-state index in [0.29, 0.717) is 19.5 Å². The van der Waals surface area contributed by atoms with Crippen LogP contribution in [-0.4, -0.2) is 49.4 Å². The van der Waals surface area contributed by atoms with Gasteiger partial charge in [-0.15, -0.1) is 0 Å². The molecule has 5 heteroatoms. The first kappa shape index (κ1) is 14.0. The number of rotatable bonds is 2. The van der Waals surface area contributed by atoms with E-state index in [2.05, 4.69) is 10.6 Å². The summed E-state index contributed by atoms with van der Waals surface area (Å²) in [5, 5.41) is 5.75. The topological polar surface area (TPSA) is 61.4 Å². The minimum atomic E-state index is -0.372. The molecule has 2 N–H and O–H groups in total. The van der Waals surface area contributed by atoms with Gasteiger partial charge in [-0.2, -0.15) is 0 Å². The third-order valence-corrected chi connectivity index (χ3v) is 2.79. The van der Waals surface area contributed by atoms with E-state index >= 15 is 0 Å². The molecular formula is C12H23N3O2. The Kier molecular flexibility index (Phi) is 4.51. The van der Waals surface area contributed by atoms with Crippen LogP contribution in [0.15, 0.2) is 0 Å². The van der Waals surface area contributed by atoms with Gasteiger partial charge in [0.05, 0.1) is 0 Å². The maximum Gasteiger partial charge on any atom is 0.243 e. The minimum absolute atomic E-state index is 0.0464. The summed E-state index contributed by atoms with van der Waals surface area (Å²) in [7, 11) is 1.60. The molecule has 0 radical (unpaired) electrons. The fourth-order valence-electron chi connectivity index (χ4n) is 1.96. The Morgan fingerprint density at radius 3 is 2.59 bits per heavy atom. The molecule has 17 heavy (non-hydrogen) atoms. The first-order valence-corrected chi connectivity index (χ1v) is 6.07. The van der Waals surface area contributed by atoms with Crippen molar-refractivity contribution in [3.8, 4) is 0 Å². The molecule has 2 amide bonds. The summed E-state index contributed by atoms with van der Waals surface area (Å²) in [6.45, 7) is 7.98. The summed E-state index contributed by atoms with van der Waals surface area (Å²) < 4.78 is 0. The molecule has 1 heterocycles. The number of hydrogen-bond acceptors (Lipinski definition) is 3. The van der Waals surface area contributed by atoms with Gasteiger partial charge >= 0.3 is 0 Å². The molecule has 0 aliphatic carbocycles. The smallest absolute Gasteiger partial charge is 0.243 e. The molecule has 1 atom stereocenters. The molecule has 0 bridgehead atoms. The number of hydrogen-bond donors (Lipinski definition) is 2. The first-order chi connectivity index (χ1) is 7.85. The number of nitrogens with one attached hydrogen (secondary N) is 2. The summed E-state index contributed by atoms with van der Waals surface area (Å²) in [5.74, 6) is -0.0351. The molecule has 1 unspecified atom stereocenters. The van der Waals surface area contributed by atoms with Crippen LogP contribution < -0.4 is 10.6 Å². The predicted molar refractivity (Wildman–Crippen MR) is 66.5 cm³/mol. The molecule has 98 valence electrons. The zero-order valence-electron chi connectivity index (χ0n) is 11.2. The van der Waals surface area contributed by atoms with Crippen LogP contribution in [0.3, 0.4) is 0 Å². The van der Waals surface area contributed by atoms with E-state index in [1.165, 1.54) is 0 Å². The highest BCUT2D eigenvalue weighted by atomic mass is 16.2. The number of carbonyl (C=O) groups is 2. The van der Waals surface area contributed by atoms with Crippen LogP contribution in [0.1, 0.15) is 27.2 Å². The van der Waals surface area contributed by atoms with Crippen molar-refractivity contribution in [2.24, 2.45) is 5.41 Å². The van der Waals surface area contributed by atoms with Gasteiger partial charge in [0, 0.05) is 33.1 Å². The summed E-state index contributed by atoms with van der Waals surface area (Å²) in [6.07, 6.45) is 0.473. The molecule has 1 aliphatic rings. The Labute approximate surface area is 103 Å². The van der Waals surface area contributed by atoms with Gasteiger partial charge in [0.15, 0.2) is 0 Å². The normalized spacial score (nSPS) is 21.2. The molecule has 0 aromatic heterocycles. The van der Waals surface area contributed by atoms with Crippen molar-refractivity contribution in [3.63, 3.8) is 0 Å². The second-order valence-corrected chi connectivity index (χ2v) is 5.66. The zero-order chi connectivity index (χ0) is 13.1. The fourth-order valence-corrected chi connectivity index (χ4v) is 1.96. The molecule has 0 saturated carbocycles. The van der Waals surface area contributed by atoms with Crippen LogP contribution >= 0.6 is 0 Å². The van der Waals surface area contributed by atoms with Crippen molar-refractivity contribution in [2.45, 2.75) is 33.2 Å². The van der Waals surface area contributed by atoms with Crippen molar-refractivity contribution in [3.05, 3.63) is 0 Å². The van der Waals surface area contributed by atoms with Gasteiger partial charge in [-0.3, -0.25) is 9.59 Å². The lowest BCUT2D eigenvalue weighted by Gasteiger charge is -2.36. The van der Waals surface area contributed by atoms with Crippen molar-refractivity contribution in [2.75, 3.05) is 26.7 Å². The number of piperazine rings is 1. The van der Waals surface area contributed by atoms with E-state index in [9.17, 15) is 9.59 Å². The molecular weight excluding hydrogens is 218 g/mol. The van der Waals surface area contributed by atoms with Crippen molar-refractivity contribution in [1.82, 2.24) is 15.5 Å². The van der Waals surface area contributed by atoms with Crippen LogP contribution in [-0.2, 0) is 9.59 Å². The number of nitrogens with zero attached hydrogens (tertiary/aromatic N) is 1. The molecule has 0 aromatic carbocycles. The molecule has 0 aromatic rings. The Morgan fingerprint density at radius 1 is 1.41 bits per heavy atom. The van der Waals surface area contributed by atoms with Crippen LogP contribution in [0.5, 0.6) is 0 Å². The fraction of sp³-hybridized carbons (Fsp3) is 0.833. The van der Waals surface area contributed by atoms with E-state index in [4.69, 9.17) is 0 Å². The first-order valence-electron chi connectivity index (χ1n) is 6.07. The summed E-state index contributed by atoms with van der Waals surface area (Å²) >= 11 is 0. The van der Waals surface area contributed by atoms with Crippen molar-refractivity contribution >= 4 is 11.8 Å². The van der Waals surface area contributed by atoms with Gasteiger partial charge in [-0.25, -0.2) is 0 Å². The van der Waals surface area contributed by atoms with E-state index in [1.807, 2.05) is 20.8 Å². The second-order valence-electron chi connectivity index (χ2n) is 5.66. The van der Waals surface area contributed by atoms with Crippen molar-refractivity contribution in [1.29, 1.82) is 0 Å². The Balaban J connectivity index is 2.71. The number of likely N-dealkylation sites (N-methyl/N-ethyl adjacent to an activating group) is 1. The van der Waals surface area contributed by atoms with Gasteiger partial charge < -0.3 is 15.5 Å². The largest absolute Gasteiger partial charge is 0.357 e. The molecule has 5 nitrogen and oxygen atoms in total. The van der Waals surface area contributed by atoms with Gasteiger partial charge in [0.25, 0.3) is 0 Å². The second kappa shape index (κ2) is 5.49. The lowest BCUT2D eigenvalue weighted by molar-refractivity contribution is -0.142. The highest BCUT2D eigenvalue weighted by Crippen LogP contribution is 2.21. The van der Waals surface area contributed by atoms with E-state index < -0.39 is 0 Å². The highest BCUT2D eigenvalue weighted by Gasteiger charge is 2.32. The monoisotopic (exact) mass is 241 g/mol. The minimum Gasteiger partial charge on any atom is -0.357 e. The Morgan fingerprint density at radius 2 is 2.06 bits per heavy atom.